The standard InChI is InChI=1S/C12H15ClN2O/c13-9-10-4-7-15(8-5-10)12(16)11-3-1-2-6-14-11/h1-3,6,10H,4-5,7-9H2. The highest BCUT2D eigenvalue weighted by molar-refractivity contribution is 6.18. The van der Waals surface area contributed by atoms with Crippen molar-refractivity contribution in [2.45, 2.75) is 12.8 Å². The Morgan fingerprint density at radius 2 is 2.19 bits per heavy atom. The van der Waals surface area contributed by atoms with Crippen LogP contribution in [0, 0.1) is 5.92 Å². The Kier molecular flexibility index (Phi) is 3.78. The quantitative estimate of drug-likeness (QED) is 0.740. The molecule has 0 atom stereocenters. The maximum absolute atomic E-state index is 12.0. The first-order valence-electron chi connectivity index (χ1n) is 5.57. The Balaban J connectivity index is 1.97. The van der Waals surface area contributed by atoms with Crippen LogP contribution in [0.15, 0.2) is 24.4 Å². The van der Waals surface area contributed by atoms with E-state index in [1.165, 1.54) is 0 Å². The van der Waals surface area contributed by atoms with Crippen molar-refractivity contribution in [3.63, 3.8) is 0 Å². The van der Waals surface area contributed by atoms with Crippen LogP contribution in [0.5, 0.6) is 0 Å². The molecule has 1 amide bonds. The molecule has 0 radical (unpaired) electrons. The van der Waals surface area contributed by atoms with E-state index in [0.29, 0.717) is 17.5 Å². The van der Waals surface area contributed by atoms with Gasteiger partial charge in [0, 0.05) is 25.2 Å². The number of carbonyl (C=O) groups is 1. The van der Waals surface area contributed by atoms with Crippen molar-refractivity contribution in [3.8, 4) is 0 Å². The zero-order chi connectivity index (χ0) is 11.4. The summed E-state index contributed by atoms with van der Waals surface area (Å²) in [4.78, 5) is 18.0. The molecule has 0 spiro atoms. The molecular weight excluding hydrogens is 224 g/mol. The van der Waals surface area contributed by atoms with Crippen molar-refractivity contribution in [1.82, 2.24) is 9.88 Å². The van der Waals surface area contributed by atoms with Crippen LogP contribution >= 0.6 is 11.6 Å². The summed E-state index contributed by atoms with van der Waals surface area (Å²) >= 11 is 5.81. The number of halogens is 1. The summed E-state index contributed by atoms with van der Waals surface area (Å²) in [6.07, 6.45) is 3.66. The molecule has 3 nitrogen and oxygen atoms in total. The summed E-state index contributed by atoms with van der Waals surface area (Å²) in [6.45, 7) is 1.60. The lowest BCUT2D eigenvalue weighted by Crippen LogP contribution is -2.39. The largest absolute Gasteiger partial charge is 0.337 e. The van der Waals surface area contributed by atoms with Crippen molar-refractivity contribution < 1.29 is 4.79 Å². The molecule has 1 fully saturated rings. The van der Waals surface area contributed by atoms with E-state index in [4.69, 9.17) is 11.6 Å². The van der Waals surface area contributed by atoms with Crippen LogP contribution in [0.4, 0.5) is 0 Å². The van der Waals surface area contributed by atoms with Gasteiger partial charge in [-0.3, -0.25) is 9.78 Å². The maximum Gasteiger partial charge on any atom is 0.272 e. The molecule has 1 saturated heterocycles. The number of nitrogens with zero attached hydrogens (tertiary/aromatic N) is 2. The summed E-state index contributed by atoms with van der Waals surface area (Å²) in [7, 11) is 0. The first kappa shape index (κ1) is 11.4. The van der Waals surface area contributed by atoms with Crippen LogP contribution in [0.25, 0.3) is 0 Å². The second kappa shape index (κ2) is 5.30. The van der Waals surface area contributed by atoms with E-state index in [2.05, 4.69) is 4.98 Å². The van der Waals surface area contributed by atoms with E-state index >= 15 is 0 Å². The summed E-state index contributed by atoms with van der Waals surface area (Å²) in [5.74, 6) is 1.30. The molecule has 0 aliphatic carbocycles. The normalized spacial score (nSPS) is 17.4. The fraction of sp³-hybridized carbons (Fsp3) is 0.500. The number of piperidine rings is 1. The summed E-state index contributed by atoms with van der Waals surface area (Å²) in [6, 6.07) is 5.41. The zero-order valence-electron chi connectivity index (χ0n) is 9.10. The third-order valence-electron chi connectivity index (χ3n) is 3.00. The fourth-order valence-electron chi connectivity index (χ4n) is 1.94. The van der Waals surface area contributed by atoms with Crippen LogP contribution in [0.3, 0.4) is 0 Å². The smallest absolute Gasteiger partial charge is 0.272 e. The predicted molar refractivity (Wildman–Crippen MR) is 63.6 cm³/mol. The van der Waals surface area contributed by atoms with Gasteiger partial charge < -0.3 is 4.90 Å². The van der Waals surface area contributed by atoms with Gasteiger partial charge in [-0.1, -0.05) is 6.07 Å². The molecule has 1 aliphatic heterocycles. The second-order valence-corrected chi connectivity index (χ2v) is 4.41. The van der Waals surface area contributed by atoms with Crippen LogP contribution < -0.4 is 0 Å². The third kappa shape index (κ3) is 2.53. The molecule has 2 rings (SSSR count). The number of amides is 1. The lowest BCUT2D eigenvalue weighted by molar-refractivity contribution is 0.0692. The number of pyridine rings is 1. The van der Waals surface area contributed by atoms with Crippen LogP contribution in [0.1, 0.15) is 23.3 Å². The maximum atomic E-state index is 12.0. The van der Waals surface area contributed by atoms with Gasteiger partial charge in [0.2, 0.25) is 0 Å². The number of carbonyl (C=O) groups excluding carboxylic acids is 1. The molecule has 0 unspecified atom stereocenters. The van der Waals surface area contributed by atoms with Crippen LogP contribution in [-0.2, 0) is 0 Å². The molecule has 16 heavy (non-hydrogen) atoms. The minimum absolute atomic E-state index is 0.0358. The Hall–Kier alpha value is -1.09. The van der Waals surface area contributed by atoms with Gasteiger partial charge in [0.15, 0.2) is 0 Å². The van der Waals surface area contributed by atoms with Gasteiger partial charge in [-0.15, -0.1) is 11.6 Å². The zero-order valence-corrected chi connectivity index (χ0v) is 9.86. The van der Waals surface area contributed by atoms with Gasteiger partial charge >= 0.3 is 0 Å². The molecule has 86 valence electrons. The lowest BCUT2D eigenvalue weighted by atomic mass is 9.99. The number of rotatable bonds is 2. The molecule has 1 aromatic rings. The molecule has 4 heteroatoms. The number of likely N-dealkylation sites (tertiary alicyclic amines) is 1. The van der Waals surface area contributed by atoms with E-state index in [9.17, 15) is 4.79 Å². The number of hydrogen-bond acceptors (Lipinski definition) is 2. The highest BCUT2D eigenvalue weighted by atomic mass is 35.5. The highest BCUT2D eigenvalue weighted by Gasteiger charge is 2.23. The highest BCUT2D eigenvalue weighted by Crippen LogP contribution is 2.19. The number of hydrogen-bond donors (Lipinski definition) is 0. The van der Waals surface area contributed by atoms with E-state index < -0.39 is 0 Å². The lowest BCUT2D eigenvalue weighted by Gasteiger charge is -2.30. The van der Waals surface area contributed by atoms with Crippen molar-refractivity contribution in [2.75, 3.05) is 19.0 Å². The van der Waals surface area contributed by atoms with E-state index in [-0.39, 0.29) is 5.91 Å². The molecule has 0 bridgehead atoms. The third-order valence-corrected chi connectivity index (χ3v) is 3.44. The Bertz CT molecular complexity index is 347. The molecule has 0 N–H and O–H groups in total. The van der Waals surface area contributed by atoms with Gasteiger partial charge in [0.05, 0.1) is 0 Å². The van der Waals surface area contributed by atoms with E-state index in [1.807, 2.05) is 17.0 Å². The van der Waals surface area contributed by atoms with E-state index in [0.717, 1.165) is 25.9 Å². The molecule has 1 aromatic heterocycles. The topological polar surface area (TPSA) is 33.2 Å². The predicted octanol–water partition coefficient (Wildman–Crippen LogP) is 2.17. The van der Waals surface area contributed by atoms with E-state index in [1.54, 1.807) is 12.3 Å². The van der Waals surface area contributed by atoms with Crippen molar-refractivity contribution in [2.24, 2.45) is 5.92 Å². The second-order valence-electron chi connectivity index (χ2n) is 4.10. The summed E-state index contributed by atoms with van der Waals surface area (Å²) in [5.41, 5.74) is 0.534. The molecular formula is C12H15ClN2O. The van der Waals surface area contributed by atoms with Gasteiger partial charge in [0.1, 0.15) is 5.69 Å². The van der Waals surface area contributed by atoms with Crippen molar-refractivity contribution in [1.29, 1.82) is 0 Å². The molecule has 1 aliphatic rings. The summed E-state index contributed by atoms with van der Waals surface area (Å²) < 4.78 is 0. The first-order valence-corrected chi connectivity index (χ1v) is 6.11. The van der Waals surface area contributed by atoms with Gasteiger partial charge in [-0.05, 0) is 30.9 Å². The SMILES string of the molecule is O=C(c1ccccn1)N1CCC(CCl)CC1. The van der Waals surface area contributed by atoms with Gasteiger partial charge in [-0.25, -0.2) is 0 Å². The average Bonchev–Trinajstić information content (AvgIpc) is 2.39. The first-order chi connectivity index (χ1) is 7.81. The average molecular weight is 239 g/mol. The van der Waals surface area contributed by atoms with Crippen molar-refractivity contribution in [3.05, 3.63) is 30.1 Å². The monoisotopic (exact) mass is 238 g/mol. The van der Waals surface area contributed by atoms with Crippen LogP contribution in [-0.4, -0.2) is 34.8 Å². The molecule has 0 aromatic carbocycles. The minimum Gasteiger partial charge on any atom is -0.337 e. The summed E-state index contributed by atoms with van der Waals surface area (Å²) in [5, 5.41) is 0. The molecule has 2 heterocycles. The Labute approximate surface area is 100 Å². The minimum atomic E-state index is 0.0358. The Morgan fingerprint density at radius 3 is 2.75 bits per heavy atom. The number of aromatic nitrogens is 1. The van der Waals surface area contributed by atoms with Crippen LogP contribution in [0.2, 0.25) is 0 Å². The van der Waals surface area contributed by atoms with Gasteiger partial charge in [0.25, 0.3) is 5.91 Å². The molecule has 0 saturated carbocycles. The fourth-order valence-corrected chi connectivity index (χ4v) is 2.25. The van der Waals surface area contributed by atoms with Crippen molar-refractivity contribution >= 4 is 17.5 Å². The number of alkyl halides is 1. The Morgan fingerprint density at radius 1 is 1.44 bits per heavy atom. The van der Waals surface area contributed by atoms with Gasteiger partial charge in [-0.2, -0.15) is 0 Å².